The van der Waals surface area contributed by atoms with Gasteiger partial charge in [-0.3, -0.25) is 16.3 Å². The summed E-state index contributed by atoms with van der Waals surface area (Å²) < 4.78 is 0. The molecule has 4 heteroatoms. The van der Waals surface area contributed by atoms with Crippen LogP contribution in [-0.4, -0.2) is 4.98 Å². The number of rotatable bonds is 6. The van der Waals surface area contributed by atoms with E-state index in [4.69, 9.17) is 5.84 Å². The molecule has 2 heterocycles. The largest absolute Gasteiger partial charge is 0.271 e. The minimum Gasteiger partial charge on any atom is -0.271 e. The van der Waals surface area contributed by atoms with Crippen molar-refractivity contribution in [1.82, 2.24) is 10.4 Å². The molecule has 21 heavy (non-hydrogen) atoms. The summed E-state index contributed by atoms with van der Waals surface area (Å²) in [6.07, 6.45) is 5.16. The Morgan fingerprint density at radius 3 is 2.90 bits per heavy atom. The number of hydrogen-bond donors (Lipinski definition) is 2. The lowest BCUT2D eigenvalue weighted by molar-refractivity contribution is 0.499. The maximum absolute atomic E-state index is 5.73. The predicted molar refractivity (Wildman–Crippen MR) is 89.1 cm³/mol. The van der Waals surface area contributed by atoms with Gasteiger partial charge in [-0.25, -0.2) is 0 Å². The van der Waals surface area contributed by atoms with Crippen LogP contribution in [0.2, 0.25) is 0 Å². The van der Waals surface area contributed by atoms with Crippen molar-refractivity contribution in [2.24, 2.45) is 5.84 Å². The number of hydrogen-bond acceptors (Lipinski definition) is 4. The molecule has 3 rings (SSSR count). The van der Waals surface area contributed by atoms with Gasteiger partial charge in [0.1, 0.15) is 0 Å². The normalized spacial score (nSPS) is 12.6. The summed E-state index contributed by atoms with van der Waals surface area (Å²) in [6, 6.07) is 14.8. The average molecular weight is 297 g/mol. The third-order valence-corrected chi connectivity index (χ3v) is 4.65. The zero-order valence-corrected chi connectivity index (χ0v) is 12.6. The van der Waals surface area contributed by atoms with Gasteiger partial charge >= 0.3 is 0 Å². The third-order valence-electron chi connectivity index (χ3n) is 3.71. The highest BCUT2D eigenvalue weighted by atomic mass is 32.1. The lowest BCUT2D eigenvalue weighted by Gasteiger charge is -2.16. The van der Waals surface area contributed by atoms with Crippen molar-refractivity contribution in [1.29, 1.82) is 0 Å². The van der Waals surface area contributed by atoms with E-state index in [0.29, 0.717) is 0 Å². The predicted octanol–water partition coefficient (Wildman–Crippen LogP) is 3.82. The zero-order valence-electron chi connectivity index (χ0n) is 11.8. The molecule has 0 radical (unpaired) electrons. The van der Waals surface area contributed by atoms with E-state index >= 15 is 0 Å². The molecule has 1 aromatic carbocycles. The van der Waals surface area contributed by atoms with Crippen molar-refractivity contribution in [2.75, 3.05) is 0 Å². The lowest BCUT2D eigenvalue weighted by atomic mass is 10.0. The van der Waals surface area contributed by atoms with Crippen molar-refractivity contribution in [2.45, 2.75) is 25.3 Å². The van der Waals surface area contributed by atoms with Crippen LogP contribution in [0.4, 0.5) is 0 Å². The second kappa shape index (κ2) is 6.80. The number of pyridine rings is 1. The van der Waals surface area contributed by atoms with Gasteiger partial charge in [0.2, 0.25) is 0 Å². The van der Waals surface area contributed by atoms with Gasteiger partial charge in [0.05, 0.1) is 5.52 Å². The molecular weight excluding hydrogens is 278 g/mol. The smallest absolute Gasteiger partial charge is 0.0702 e. The molecule has 0 saturated carbocycles. The minimum absolute atomic E-state index is 0.155. The fourth-order valence-electron chi connectivity index (χ4n) is 2.56. The summed E-state index contributed by atoms with van der Waals surface area (Å²) in [5.41, 5.74) is 5.11. The first-order chi connectivity index (χ1) is 10.4. The van der Waals surface area contributed by atoms with Gasteiger partial charge in [-0.05, 0) is 48.4 Å². The highest BCUT2D eigenvalue weighted by Crippen LogP contribution is 2.22. The maximum Gasteiger partial charge on any atom is 0.0702 e. The van der Waals surface area contributed by atoms with Gasteiger partial charge in [0.15, 0.2) is 0 Å². The number of nitrogens with two attached hydrogens (primary N) is 1. The molecule has 0 amide bonds. The summed E-state index contributed by atoms with van der Waals surface area (Å²) in [4.78, 5) is 5.95. The van der Waals surface area contributed by atoms with Gasteiger partial charge in [-0.15, -0.1) is 11.3 Å². The third kappa shape index (κ3) is 3.47. The van der Waals surface area contributed by atoms with E-state index in [1.165, 1.54) is 4.88 Å². The first kappa shape index (κ1) is 14.2. The summed E-state index contributed by atoms with van der Waals surface area (Å²) in [5, 5.41) is 3.29. The Balaban J connectivity index is 1.68. The van der Waals surface area contributed by atoms with E-state index in [1.54, 1.807) is 0 Å². The number of thiophene rings is 1. The Hall–Kier alpha value is -1.75. The van der Waals surface area contributed by atoms with Crippen LogP contribution >= 0.6 is 11.3 Å². The molecule has 0 aliphatic rings. The highest BCUT2D eigenvalue weighted by Gasteiger charge is 2.10. The molecule has 1 atom stereocenters. The number of para-hydroxylation sites is 1. The van der Waals surface area contributed by atoms with Crippen molar-refractivity contribution < 1.29 is 0 Å². The molecule has 3 nitrogen and oxygen atoms in total. The van der Waals surface area contributed by atoms with Crippen LogP contribution < -0.4 is 11.3 Å². The number of nitrogens with zero attached hydrogens (tertiary/aromatic N) is 1. The van der Waals surface area contributed by atoms with Crippen LogP contribution in [0, 0.1) is 0 Å². The number of nitrogens with one attached hydrogen (secondary N) is 1. The maximum atomic E-state index is 5.73. The Labute approximate surface area is 128 Å². The molecule has 0 aliphatic heterocycles. The average Bonchev–Trinajstić information content (AvgIpc) is 3.04. The molecule has 0 saturated heterocycles. The molecule has 3 N–H and O–H groups in total. The zero-order chi connectivity index (χ0) is 14.5. The molecule has 108 valence electrons. The Kier molecular flexibility index (Phi) is 4.60. The van der Waals surface area contributed by atoms with Crippen molar-refractivity contribution in [3.63, 3.8) is 0 Å². The fourth-order valence-corrected chi connectivity index (χ4v) is 3.31. The number of hydrazine groups is 1. The molecule has 0 spiro atoms. The minimum atomic E-state index is 0.155. The van der Waals surface area contributed by atoms with E-state index < -0.39 is 0 Å². The molecule has 0 bridgehead atoms. The second-order valence-corrected chi connectivity index (χ2v) is 6.18. The topological polar surface area (TPSA) is 50.9 Å². The van der Waals surface area contributed by atoms with E-state index in [0.717, 1.165) is 35.7 Å². The summed E-state index contributed by atoms with van der Waals surface area (Å²) in [5.74, 6) is 5.73. The van der Waals surface area contributed by atoms with Gasteiger partial charge in [0.25, 0.3) is 0 Å². The first-order valence-corrected chi connectivity index (χ1v) is 8.08. The Morgan fingerprint density at radius 1 is 1.19 bits per heavy atom. The van der Waals surface area contributed by atoms with E-state index in [1.807, 2.05) is 35.7 Å². The molecule has 0 aliphatic carbocycles. The van der Waals surface area contributed by atoms with Crippen LogP contribution in [0.3, 0.4) is 0 Å². The Morgan fingerprint density at radius 2 is 2.10 bits per heavy atom. The van der Waals surface area contributed by atoms with Gasteiger partial charge in [-0.1, -0.05) is 24.3 Å². The lowest BCUT2D eigenvalue weighted by Crippen LogP contribution is -2.28. The molecule has 2 aromatic heterocycles. The first-order valence-electron chi connectivity index (χ1n) is 7.20. The molecule has 3 aromatic rings. The van der Waals surface area contributed by atoms with Gasteiger partial charge < -0.3 is 0 Å². The molecule has 0 fully saturated rings. The summed E-state index contributed by atoms with van der Waals surface area (Å²) in [7, 11) is 0. The fraction of sp³-hybridized carbons (Fsp3) is 0.235. The number of benzene rings is 1. The Bertz CT molecular complexity index is 694. The van der Waals surface area contributed by atoms with E-state index in [2.05, 4.69) is 40.1 Å². The second-order valence-electron chi connectivity index (χ2n) is 5.15. The van der Waals surface area contributed by atoms with Crippen LogP contribution in [0.25, 0.3) is 10.9 Å². The van der Waals surface area contributed by atoms with Crippen LogP contribution in [0.1, 0.15) is 29.3 Å². The van der Waals surface area contributed by atoms with E-state index in [-0.39, 0.29) is 6.04 Å². The molecular formula is C17H19N3S. The standard InChI is InChI=1S/C17H19N3S/c18-20-17(9-3-6-15-7-4-10-21-15)14-11-13-5-1-2-8-16(13)19-12-14/h1-2,4-5,7-8,10-12,17,20H,3,6,9,18H2. The number of fused-ring (bicyclic) bond motifs is 1. The number of aryl methyl sites for hydroxylation is 1. The van der Waals surface area contributed by atoms with Gasteiger partial charge in [0, 0.05) is 22.5 Å². The number of aromatic nitrogens is 1. The van der Waals surface area contributed by atoms with Gasteiger partial charge in [-0.2, -0.15) is 0 Å². The SMILES string of the molecule is NNC(CCCc1cccs1)c1cnc2ccccc2c1. The monoisotopic (exact) mass is 297 g/mol. The van der Waals surface area contributed by atoms with Crippen molar-refractivity contribution in [3.8, 4) is 0 Å². The molecule has 1 unspecified atom stereocenters. The quantitative estimate of drug-likeness (QED) is 0.537. The summed E-state index contributed by atoms with van der Waals surface area (Å²) >= 11 is 1.82. The van der Waals surface area contributed by atoms with Crippen LogP contribution in [0.5, 0.6) is 0 Å². The highest BCUT2D eigenvalue weighted by molar-refractivity contribution is 7.09. The van der Waals surface area contributed by atoms with Crippen LogP contribution in [-0.2, 0) is 6.42 Å². The van der Waals surface area contributed by atoms with E-state index in [9.17, 15) is 0 Å². The van der Waals surface area contributed by atoms with Crippen LogP contribution in [0.15, 0.2) is 54.0 Å². The van der Waals surface area contributed by atoms with Crippen molar-refractivity contribution >= 4 is 22.2 Å². The van der Waals surface area contributed by atoms with Crippen molar-refractivity contribution in [3.05, 3.63) is 64.5 Å². The summed E-state index contributed by atoms with van der Waals surface area (Å²) in [6.45, 7) is 0.